The molecule has 3 heterocycles. The van der Waals surface area contributed by atoms with Gasteiger partial charge in [-0.3, -0.25) is 4.90 Å². The molecule has 0 aliphatic carbocycles. The number of benzene rings is 4. The van der Waals surface area contributed by atoms with Crippen molar-refractivity contribution in [1.82, 2.24) is 10.2 Å². The number of hydrogen-bond acceptors (Lipinski definition) is 7. The number of nitrogens with zero attached hydrogens (tertiary/aromatic N) is 1. The van der Waals surface area contributed by atoms with E-state index in [0.29, 0.717) is 23.7 Å². The van der Waals surface area contributed by atoms with Gasteiger partial charge in [0.15, 0.2) is 0 Å². The molecule has 8 heteroatoms. The third-order valence-corrected chi connectivity index (χ3v) is 8.72. The summed E-state index contributed by atoms with van der Waals surface area (Å²) in [4.78, 5) is 39.0. The van der Waals surface area contributed by atoms with Crippen LogP contribution in [0.4, 0.5) is 4.79 Å². The normalized spacial score (nSPS) is 19.1. The van der Waals surface area contributed by atoms with Gasteiger partial charge in [0, 0.05) is 13.0 Å². The first kappa shape index (κ1) is 31.0. The van der Waals surface area contributed by atoms with Gasteiger partial charge in [0.05, 0.1) is 11.6 Å². The fourth-order valence-electron chi connectivity index (χ4n) is 6.18. The number of amides is 1. The molecule has 4 aromatic carbocycles. The van der Waals surface area contributed by atoms with Crippen LogP contribution >= 0.6 is 0 Å². The predicted molar refractivity (Wildman–Crippen MR) is 173 cm³/mol. The zero-order chi connectivity index (χ0) is 31.7. The van der Waals surface area contributed by atoms with E-state index in [0.717, 1.165) is 66.6 Å². The lowest BCUT2D eigenvalue weighted by molar-refractivity contribution is -0.107. The molecule has 4 aromatic rings. The summed E-state index contributed by atoms with van der Waals surface area (Å²) in [5, 5.41) is 3.11. The first-order chi connectivity index (χ1) is 22.5. The largest absolute Gasteiger partial charge is 0.489 e. The zero-order valence-electron chi connectivity index (χ0n) is 25.7. The molecular formula is C38H38N2O6. The highest BCUT2D eigenvalue weighted by molar-refractivity contribution is 5.89. The van der Waals surface area contributed by atoms with Crippen molar-refractivity contribution in [2.75, 3.05) is 19.6 Å². The summed E-state index contributed by atoms with van der Waals surface area (Å²) in [6.45, 7) is 3.35. The second kappa shape index (κ2) is 14.9. The van der Waals surface area contributed by atoms with Crippen LogP contribution in [0.3, 0.4) is 0 Å². The smallest absolute Gasteiger partial charge is 0.408 e. The Labute approximate surface area is 269 Å². The number of ether oxygens (including phenoxy) is 3. The number of alkyl carbamates (subject to hydrolysis) is 1. The van der Waals surface area contributed by atoms with E-state index in [4.69, 9.17) is 14.2 Å². The Morgan fingerprint density at radius 3 is 2.28 bits per heavy atom. The average molecular weight is 619 g/mol. The molecule has 3 aliphatic rings. The molecule has 1 N–H and O–H groups in total. The van der Waals surface area contributed by atoms with Crippen molar-refractivity contribution in [3.05, 3.63) is 137 Å². The Hall–Kier alpha value is -4.95. The molecule has 2 bridgehead atoms. The summed E-state index contributed by atoms with van der Waals surface area (Å²) < 4.78 is 17.6. The fourth-order valence-corrected chi connectivity index (χ4v) is 6.18. The highest BCUT2D eigenvalue weighted by atomic mass is 16.6. The van der Waals surface area contributed by atoms with E-state index < -0.39 is 18.1 Å². The van der Waals surface area contributed by atoms with Crippen LogP contribution < -0.4 is 10.1 Å². The molecule has 0 unspecified atom stereocenters. The number of carbonyl (C=O) groups is 3. The molecule has 2 atom stereocenters. The van der Waals surface area contributed by atoms with Crippen LogP contribution in [0.15, 0.2) is 103 Å². The van der Waals surface area contributed by atoms with E-state index in [9.17, 15) is 14.4 Å². The first-order valence-corrected chi connectivity index (χ1v) is 15.8. The lowest BCUT2D eigenvalue weighted by Crippen LogP contribution is -2.52. The minimum atomic E-state index is -0.428. The Kier molecular flexibility index (Phi) is 10.0. The second-order valence-corrected chi connectivity index (χ2v) is 11.9. The highest BCUT2D eigenvalue weighted by Crippen LogP contribution is 2.31. The summed E-state index contributed by atoms with van der Waals surface area (Å²) in [5.41, 5.74) is 4.81. The van der Waals surface area contributed by atoms with Gasteiger partial charge in [0.2, 0.25) is 0 Å². The summed E-state index contributed by atoms with van der Waals surface area (Å²) in [5.74, 6) is 0.634. The van der Waals surface area contributed by atoms with Crippen LogP contribution in [0.5, 0.6) is 5.75 Å². The van der Waals surface area contributed by atoms with Gasteiger partial charge in [-0.2, -0.15) is 0 Å². The van der Waals surface area contributed by atoms with Crippen molar-refractivity contribution in [1.29, 1.82) is 0 Å². The third-order valence-electron chi connectivity index (χ3n) is 8.72. The van der Waals surface area contributed by atoms with E-state index in [1.54, 1.807) is 18.2 Å². The van der Waals surface area contributed by atoms with Crippen molar-refractivity contribution in [2.45, 2.75) is 44.6 Å². The Bertz CT molecular complexity index is 1630. The molecule has 3 saturated heterocycles. The van der Waals surface area contributed by atoms with Crippen molar-refractivity contribution in [3.63, 3.8) is 0 Å². The molecule has 3 fully saturated rings. The Morgan fingerprint density at radius 1 is 0.804 bits per heavy atom. The molecule has 0 aromatic heterocycles. The lowest BCUT2D eigenvalue weighted by atomic mass is 9.86. The maximum absolute atomic E-state index is 13.2. The minimum Gasteiger partial charge on any atom is -0.489 e. The van der Waals surface area contributed by atoms with Gasteiger partial charge in [-0.05, 0) is 83.9 Å². The number of aldehydes is 1. The van der Waals surface area contributed by atoms with Crippen LogP contribution in [-0.4, -0.2) is 49.0 Å². The molecule has 1 amide bonds. The topological polar surface area (TPSA) is 94.2 Å². The van der Waals surface area contributed by atoms with Crippen LogP contribution in [0, 0.1) is 5.92 Å². The number of esters is 1. The first-order valence-electron chi connectivity index (χ1n) is 15.8. The predicted octanol–water partition coefficient (Wildman–Crippen LogP) is 6.27. The van der Waals surface area contributed by atoms with Gasteiger partial charge < -0.3 is 24.3 Å². The summed E-state index contributed by atoms with van der Waals surface area (Å²) >= 11 is 0. The number of carbonyl (C=O) groups excluding carboxylic acids is 3. The number of hydrogen-bond donors (Lipinski definition) is 1. The SMILES string of the molecule is O=CCc1ccc(COC(=O)c2cccc(COc3cccc([C@@H](NC(=O)O[C@H]4CN5CCC4CC5)c4ccccc4)c3)c2)cc1. The van der Waals surface area contributed by atoms with Crippen LogP contribution in [-0.2, 0) is 33.9 Å². The fraction of sp³-hybridized carbons (Fsp3) is 0.289. The van der Waals surface area contributed by atoms with Crippen LogP contribution in [0.1, 0.15) is 57.1 Å². The maximum atomic E-state index is 13.2. The van der Waals surface area contributed by atoms with E-state index in [1.165, 1.54) is 0 Å². The van der Waals surface area contributed by atoms with Crippen molar-refractivity contribution < 1.29 is 28.6 Å². The van der Waals surface area contributed by atoms with Crippen molar-refractivity contribution in [3.8, 4) is 5.75 Å². The number of piperidine rings is 3. The molecule has 8 nitrogen and oxygen atoms in total. The molecule has 7 rings (SSSR count). The molecule has 3 aliphatic heterocycles. The van der Waals surface area contributed by atoms with E-state index in [1.807, 2.05) is 84.9 Å². The molecule has 236 valence electrons. The van der Waals surface area contributed by atoms with Gasteiger partial charge in [0.25, 0.3) is 0 Å². The quantitative estimate of drug-likeness (QED) is 0.148. The minimum absolute atomic E-state index is 0.0811. The molecule has 0 spiro atoms. The van der Waals surface area contributed by atoms with E-state index in [2.05, 4.69) is 10.2 Å². The molecule has 0 saturated carbocycles. The Morgan fingerprint density at radius 2 is 1.54 bits per heavy atom. The number of nitrogens with one attached hydrogen (secondary N) is 1. The average Bonchev–Trinajstić information content (AvgIpc) is 3.10. The van der Waals surface area contributed by atoms with Gasteiger partial charge >= 0.3 is 12.1 Å². The summed E-state index contributed by atoms with van der Waals surface area (Å²) in [6.07, 6.45) is 2.86. The highest BCUT2D eigenvalue weighted by Gasteiger charge is 2.36. The zero-order valence-corrected chi connectivity index (χ0v) is 25.7. The maximum Gasteiger partial charge on any atom is 0.408 e. The van der Waals surface area contributed by atoms with Crippen molar-refractivity contribution >= 4 is 18.3 Å². The van der Waals surface area contributed by atoms with Crippen LogP contribution in [0.2, 0.25) is 0 Å². The van der Waals surface area contributed by atoms with Gasteiger partial charge in [0.1, 0.15) is 31.4 Å². The third kappa shape index (κ3) is 8.00. The number of rotatable bonds is 12. The van der Waals surface area contributed by atoms with Gasteiger partial charge in [-0.15, -0.1) is 0 Å². The van der Waals surface area contributed by atoms with E-state index >= 15 is 0 Å². The monoisotopic (exact) mass is 618 g/mol. The van der Waals surface area contributed by atoms with E-state index in [-0.39, 0.29) is 19.3 Å². The van der Waals surface area contributed by atoms with Gasteiger partial charge in [-0.25, -0.2) is 9.59 Å². The standard InChI is InChI=1S/C38H38N2O6/c41-21-18-27-12-14-28(15-13-27)25-45-37(42)33-10-4-6-29(22-33)26-44-34-11-5-9-32(23-34)36(31-7-2-1-3-8-31)39-38(43)46-35-24-40-19-16-30(35)17-20-40/h1-15,21-23,30,35-36H,16-20,24-26H2,(H,39,43)/t35-,36-/m0/s1. The number of fused-ring (bicyclic) bond motifs is 3. The van der Waals surface area contributed by atoms with Crippen molar-refractivity contribution in [2.24, 2.45) is 5.92 Å². The van der Waals surface area contributed by atoms with Crippen LogP contribution in [0.25, 0.3) is 0 Å². The summed E-state index contributed by atoms with van der Waals surface area (Å²) in [7, 11) is 0. The lowest BCUT2D eigenvalue weighted by Gasteiger charge is -2.43. The Balaban J connectivity index is 1.08. The van der Waals surface area contributed by atoms with Gasteiger partial charge in [-0.1, -0.05) is 78.9 Å². The molecule has 0 radical (unpaired) electrons. The summed E-state index contributed by atoms with van der Waals surface area (Å²) in [6, 6.07) is 31.6. The molecule has 46 heavy (non-hydrogen) atoms. The second-order valence-electron chi connectivity index (χ2n) is 11.9. The molecular weight excluding hydrogens is 580 g/mol.